The van der Waals surface area contributed by atoms with Crippen LogP contribution in [0.5, 0.6) is 5.75 Å². The summed E-state index contributed by atoms with van der Waals surface area (Å²) in [5, 5.41) is 0. The van der Waals surface area contributed by atoms with Crippen LogP contribution in [0.3, 0.4) is 0 Å². The molecule has 4 rings (SSSR count). The van der Waals surface area contributed by atoms with Gasteiger partial charge >= 0.3 is 0 Å². The van der Waals surface area contributed by atoms with E-state index in [-0.39, 0.29) is 11.5 Å². The molecule has 0 saturated heterocycles. The summed E-state index contributed by atoms with van der Waals surface area (Å²) < 4.78 is 5.77. The number of fused-ring (bicyclic) bond motifs is 2. The molecule has 1 aromatic carbocycles. The van der Waals surface area contributed by atoms with E-state index in [4.69, 9.17) is 10.5 Å². The van der Waals surface area contributed by atoms with Crippen LogP contribution in [0.4, 0.5) is 0 Å². The number of hydrogen-bond acceptors (Lipinski definition) is 3. The van der Waals surface area contributed by atoms with Crippen molar-refractivity contribution in [3.05, 3.63) is 50.7 Å². The fourth-order valence-corrected chi connectivity index (χ4v) is 4.69. The third-order valence-corrected chi connectivity index (χ3v) is 6.07. The lowest BCUT2D eigenvalue weighted by Gasteiger charge is -2.17. The molecular formula is C18H21NOS. The van der Waals surface area contributed by atoms with Crippen LogP contribution < -0.4 is 10.5 Å². The quantitative estimate of drug-likeness (QED) is 0.911. The first-order valence-electron chi connectivity index (χ1n) is 7.69. The number of thiophene rings is 1. The first-order chi connectivity index (χ1) is 10.0. The van der Waals surface area contributed by atoms with Crippen molar-refractivity contribution in [2.45, 2.75) is 44.6 Å². The molecular weight excluding hydrogens is 278 g/mol. The van der Waals surface area contributed by atoms with E-state index in [1.807, 2.05) is 11.3 Å². The number of benzene rings is 1. The van der Waals surface area contributed by atoms with E-state index in [0.717, 1.165) is 12.4 Å². The van der Waals surface area contributed by atoms with Crippen LogP contribution >= 0.6 is 11.3 Å². The molecule has 110 valence electrons. The maximum atomic E-state index is 6.53. The van der Waals surface area contributed by atoms with Crippen molar-refractivity contribution in [2.75, 3.05) is 6.61 Å². The molecule has 21 heavy (non-hydrogen) atoms. The van der Waals surface area contributed by atoms with E-state index in [9.17, 15) is 0 Å². The van der Waals surface area contributed by atoms with Gasteiger partial charge in [-0.1, -0.05) is 19.9 Å². The van der Waals surface area contributed by atoms with Crippen LogP contribution in [0.15, 0.2) is 24.3 Å². The van der Waals surface area contributed by atoms with Crippen molar-refractivity contribution in [3.63, 3.8) is 0 Å². The Morgan fingerprint density at radius 3 is 2.90 bits per heavy atom. The SMILES string of the molecule is CC1(C)COc2ccc(C(N)c3cc4c(s3)CCC4)cc21. The van der Waals surface area contributed by atoms with E-state index < -0.39 is 0 Å². The molecule has 1 aliphatic heterocycles. The zero-order valence-electron chi connectivity index (χ0n) is 12.6. The average molecular weight is 299 g/mol. The lowest BCUT2D eigenvalue weighted by molar-refractivity contribution is 0.291. The van der Waals surface area contributed by atoms with Gasteiger partial charge in [0.15, 0.2) is 0 Å². The van der Waals surface area contributed by atoms with Gasteiger partial charge in [0.05, 0.1) is 12.6 Å². The first-order valence-corrected chi connectivity index (χ1v) is 8.50. The minimum absolute atomic E-state index is 0.0118. The lowest BCUT2D eigenvalue weighted by atomic mass is 9.85. The molecule has 1 aliphatic carbocycles. The average Bonchev–Trinajstić information content (AvgIpc) is 3.11. The van der Waals surface area contributed by atoms with Gasteiger partial charge < -0.3 is 10.5 Å². The molecule has 2 aromatic rings. The standard InChI is InChI=1S/C18H21NOS/c1-18(2)10-20-14-7-6-12(8-13(14)18)17(19)16-9-11-4-3-5-15(11)21-16/h6-9,17H,3-5,10,19H2,1-2H3. The molecule has 2 nitrogen and oxygen atoms in total. The van der Waals surface area contributed by atoms with Gasteiger partial charge in [-0.3, -0.25) is 0 Å². The fraction of sp³-hybridized carbons (Fsp3) is 0.444. The van der Waals surface area contributed by atoms with Crippen molar-refractivity contribution in [1.29, 1.82) is 0 Å². The van der Waals surface area contributed by atoms with Gasteiger partial charge in [-0.25, -0.2) is 0 Å². The van der Waals surface area contributed by atoms with Crippen LogP contribution in [-0.2, 0) is 18.3 Å². The van der Waals surface area contributed by atoms with Gasteiger partial charge in [-0.2, -0.15) is 0 Å². The number of rotatable bonds is 2. The molecule has 0 saturated carbocycles. The summed E-state index contributed by atoms with van der Waals surface area (Å²) in [4.78, 5) is 2.85. The van der Waals surface area contributed by atoms with Crippen LogP contribution in [0, 0.1) is 0 Å². The largest absolute Gasteiger partial charge is 0.492 e. The van der Waals surface area contributed by atoms with Crippen molar-refractivity contribution in [3.8, 4) is 5.75 Å². The van der Waals surface area contributed by atoms with Crippen LogP contribution in [-0.4, -0.2) is 6.61 Å². The number of ether oxygens (including phenoxy) is 1. The van der Waals surface area contributed by atoms with Gasteiger partial charge in [0.1, 0.15) is 5.75 Å². The van der Waals surface area contributed by atoms with Gasteiger partial charge in [-0.15, -0.1) is 11.3 Å². The van der Waals surface area contributed by atoms with Crippen molar-refractivity contribution in [1.82, 2.24) is 0 Å². The van der Waals surface area contributed by atoms with E-state index in [2.05, 4.69) is 38.1 Å². The van der Waals surface area contributed by atoms with Crippen LogP contribution in [0.2, 0.25) is 0 Å². The predicted octanol–water partition coefficient (Wildman–Crippen LogP) is 3.95. The van der Waals surface area contributed by atoms with E-state index >= 15 is 0 Å². The molecule has 0 spiro atoms. The van der Waals surface area contributed by atoms with Crippen molar-refractivity contribution >= 4 is 11.3 Å². The van der Waals surface area contributed by atoms with E-state index in [1.54, 1.807) is 4.88 Å². The molecule has 2 heterocycles. The van der Waals surface area contributed by atoms with E-state index in [1.165, 1.54) is 40.8 Å². The zero-order valence-corrected chi connectivity index (χ0v) is 13.4. The molecule has 0 radical (unpaired) electrons. The highest BCUT2D eigenvalue weighted by Crippen LogP contribution is 2.41. The second-order valence-electron chi connectivity index (χ2n) is 6.86. The predicted molar refractivity (Wildman–Crippen MR) is 87.3 cm³/mol. The second-order valence-corrected chi connectivity index (χ2v) is 8.02. The molecule has 2 aliphatic rings. The molecule has 2 N–H and O–H groups in total. The van der Waals surface area contributed by atoms with Crippen LogP contribution in [0.1, 0.15) is 52.8 Å². The molecule has 0 fully saturated rings. The zero-order chi connectivity index (χ0) is 14.6. The molecule has 1 aromatic heterocycles. The molecule has 1 atom stereocenters. The topological polar surface area (TPSA) is 35.2 Å². The maximum Gasteiger partial charge on any atom is 0.123 e. The summed E-state index contributed by atoms with van der Waals surface area (Å²) >= 11 is 1.90. The highest BCUT2D eigenvalue weighted by molar-refractivity contribution is 7.12. The monoisotopic (exact) mass is 299 g/mol. The summed E-state index contributed by atoms with van der Waals surface area (Å²) in [5.41, 5.74) is 10.6. The summed E-state index contributed by atoms with van der Waals surface area (Å²) in [6, 6.07) is 8.77. The van der Waals surface area contributed by atoms with E-state index in [0.29, 0.717) is 0 Å². The van der Waals surface area contributed by atoms with Gasteiger partial charge in [0, 0.05) is 20.7 Å². The Morgan fingerprint density at radius 1 is 1.24 bits per heavy atom. The summed E-state index contributed by atoms with van der Waals surface area (Å²) in [6.07, 6.45) is 3.77. The van der Waals surface area contributed by atoms with Gasteiger partial charge in [0.25, 0.3) is 0 Å². The third-order valence-electron chi connectivity index (χ3n) is 4.75. The summed E-state index contributed by atoms with van der Waals surface area (Å²) in [6.45, 7) is 5.22. The highest BCUT2D eigenvalue weighted by Gasteiger charge is 2.32. The first kappa shape index (κ1) is 13.4. The van der Waals surface area contributed by atoms with Crippen molar-refractivity contribution in [2.24, 2.45) is 5.73 Å². The highest BCUT2D eigenvalue weighted by atomic mass is 32.1. The molecule has 1 unspecified atom stereocenters. The fourth-order valence-electron chi connectivity index (χ4n) is 3.40. The second kappa shape index (κ2) is 4.59. The summed E-state index contributed by atoms with van der Waals surface area (Å²) in [5.74, 6) is 1.02. The Morgan fingerprint density at radius 2 is 2.10 bits per heavy atom. The Kier molecular flexibility index (Phi) is 2.92. The minimum atomic E-state index is -0.0118. The molecule has 0 bridgehead atoms. The Hall–Kier alpha value is -1.32. The maximum absolute atomic E-state index is 6.53. The van der Waals surface area contributed by atoms with Crippen molar-refractivity contribution < 1.29 is 4.74 Å². The van der Waals surface area contributed by atoms with Gasteiger partial charge in [-0.05, 0) is 48.6 Å². The third kappa shape index (κ3) is 2.11. The van der Waals surface area contributed by atoms with Crippen LogP contribution in [0.25, 0.3) is 0 Å². The Bertz CT molecular complexity index is 680. The minimum Gasteiger partial charge on any atom is -0.492 e. The normalized spacial score (nSPS) is 20.0. The lowest BCUT2D eigenvalue weighted by Crippen LogP contribution is -2.19. The van der Waals surface area contributed by atoms with Gasteiger partial charge in [0.2, 0.25) is 0 Å². The Balaban J connectivity index is 1.70. The molecule has 0 amide bonds. The number of aryl methyl sites for hydroxylation is 2. The Labute approximate surface area is 129 Å². The summed E-state index contributed by atoms with van der Waals surface area (Å²) in [7, 11) is 0. The smallest absolute Gasteiger partial charge is 0.123 e. The number of nitrogens with two attached hydrogens (primary N) is 1. The number of hydrogen-bond donors (Lipinski definition) is 1. The molecule has 3 heteroatoms.